The maximum absolute atomic E-state index is 11.9. The number of aryl methyl sites for hydroxylation is 1. The molecule has 0 bridgehead atoms. The third-order valence-corrected chi connectivity index (χ3v) is 4.86. The summed E-state index contributed by atoms with van der Waals surface area (Å²) in [5.41, 5.74) is 3.48. The lowest BCUT2D eigenvalue weighted by atomic mass is 10.0. The molecule has 0 N–H and O–H groups in total. The molecule has 0 aromatic heterocycles. The molecular weight excluding hydrogens is 296 g/mol. The molecule has 1 unspecified atom stereocenters. The first-order valence-electron chi connectivity index (χ1n) is 8.67. The molecule has 0 radical (unpaired) electrons. The molecule has 3 nitrogen and oxygen atoms in total. The molecule has 24 heavy (non-hydrogen) atoms. The van der Waals surface area contributed by atoms with Crippen molar-refractivity contribution in [2.45, 2.75) is 31.8 Å². The highest BCUT2D eigenvalue weighted by atomic mass is 16.2. The van der Waals surface area contributed by atoms with Gasteiger partial charge >= 0.3 is 0 Å². The van der Waals surface area contributed by atoms with Gasteiger partial charge in [0.1, 0.15) is 0 Å². The van der Waals surface area contributed by atoms with Crippen LogP contribution in [0.25, 0.3) is 0 Å². The highest BCUT2D eigenvalue weighted by molar-refractivity contribution is 5.93. The van der Waals surface area contributed by atoms with Crippen molar-refractivity contribution in [3.8, 4) is 0 Å². The Kier molecular flexibility index (Phi) is 5.00. The Hall–Kier alpha value is -2.13. The van der Waals surface area contributed by atoms with Gasteiger partial charge in [-0.1, -0.05) is 42.5 Å². The molecule has 2 aromatic rings. The lowest BCUT2D eigenvalue weighted by Crippen LogP contribution is -2.21. The van der Waals surface area contributed by atoms with Gasteiger partial charge in [0, 0.05) is 38.3 Å². The Labute approximate surface area is 144 Å². The average Bonchev–Trinajstić information content (AvgIpc) is 3.41. The van der Waals surface area contributed by atoms with Crippen molar-refractivity contribution >= 4 is 5.91 Å². The fourth-order valence-corrected chi connectivity index (χ4v) is 3.23. The van der Waals surface area contributed by atoms with Crippen LogP contribution in [-0.4, -0.2) is 42.4 Å². The summed E-state index contributed by atoms with van der Waals surface area (Å²) in [5.74, 6) is 0.0599. The summed E-state index contributed by atoms with van der Waals surface area (Å²) < 4.78 is 0. The summed E-state index contributed by atoms with van der Waals surface area (Å²) in [4.78, 5) is 16.1. The Morgan fingerprint density at radius 3 is 2.42 bits per heavy atom. The van der Waals surface area contributed by atoms with Gasteiger partial charge < -0.3 is 4.90 Å². The molecule has 1 aliphatic heterocycles. The largest absolute Gasteiger partial charge is 0.345 e. The predicted molar refractivity (Wildman–Crippen MR) is 98.1 cm³/mol. The lowest BCUT2D eigenvalue weighted by molar-refractivity contribution is 0.0827. The molecule has 3 heteroatoms. The minimum Gasteiger partial charge on any atom is -0.345 e. The van der Waals surface area contributed by atoms with Gasteiger partial charge in [-0.3, -0.25) is 9.69 Å². The van der Waals surface area contributed by atoms with Gasteiger partial charge in [-0.15, -0.1) is 0 Å². The molecule has 0 aliphatic carbocycles. The van der Waals surface area contributed by atoms with Crippen LogP contribution < -0.4 is 0 Å². The number of rotatable bonds is 6. The van der Waals surface area contributed by atoms with Crippen molar-refractivity contribution < 1.29 is 4.79 Å². The van der Waals surface area contributed by atoms with Gasteiger partial charge in [0.25, 0.3) is 5.91 Å². The Balaban J connectivity index is 1.50. The van der Waals surface area contributed by atoms with Crippen LogP contribution in [0, 0.1) is 0 Å². The standard InChI is InChI=1S/C21H26N2O/c1-16(23-15-20(23)18-7-5-4-6-8-18)9-10-17-11-13-19(14-12-17)21(24)22(2)3/h4-8,11-14,16,20H,9-10,15H2,1-3H3/t16-,20+,23?/m0/s1. The van der Waals surface area contributed by atoms with E-state index in [0.717, 1.165) is 18.4 Å². The van der Waals surface area contributed by atoms with Gasteiger partial charge in [-0.2, -0.15) is 0 Å². The van der Waals surface area contributed by atoms with E-state index >= 15 is 0 Å². The van der Waals surface area contributed by atoms with Crippen molar-refractivity contribution in [2.75, 3.05) is 20.6 Å². The second kappa shape index (κ2) is 7.18. The highest BCUT2D eigenvalue weighted by Gasteiger charge is 2.38. The summed E-state index contributed by atoms with van der Waals surface area (Å²) in [7, 11) is 3.57. The third kappa shape index (κ3) is 3.85. The van der Waals surface area contributed by atoms with Gasteiger partial charge in [-0.05, 0) is 43.0 Å². The highest BCUT2D eigenvalue weighted by Crippen LogP contribution is 2.37. The van der Waals surface area contributed by atoms with E-state index in [4.69, 9.17) is 0 Å². The van der Waals surface area contributed by atoms with Crippen LogP contribution in [0.2, 0.25) is 0 Å². The fraction of sp³-hybridized carbons (Fsp3) is 0.381. The molecular formula is C21H26N2O. The number of hydrogen-bond acceptors (Lipinski definition) is 2. The fourth-order valence-electron chi connectivity index (χ4n) is 3.23. The summed E-state index contributed by atoms with van der Waals surface area (Å²) >= 11 is 0. The van der Waals surface area contributed by atoms with Crippen LogP contribution in [0.1, 0.15) is 40.9 Å². The first kappa shape index (κ1) is 16.7. The molecule has 1 aliphatic rings. The van der Waals surface area contributed by atoms with E-state index in [2.05, 4.69) is 54.3 Å². The number of carbonyl (C=O) groups excluding carboxylic acids is 1. The van der Waals surface area contributed by atoms with Crippen LogP contribution in [-0.2, 0) is 6.42 Å². The molecule has 0 spiro atoms. The summed E-state index contributed by atoms with van der Waals surface area (Å²) in [5, 5.41) is 0. The molecule has 0 saturated carbocycles. The van der Waals surface area contributed by atoms with E-state index < -0.39 is 0 Å². The lowest BCUT2D eigenvalue weighted by Gasteiger charge is -2.15. The van der Waals surface area contributed by atoms with Crippen LogP contribution in [0.3, 0.4) is 0 Å². The first-order valence-corrected chi connectivity index (χ1v) is 8.67. The van der Waals surface area contributed by atoms with Gasteiger partial charge in [-0.25, -0.2) is 0 Å². The third-order valence-electron chi connectivity index (χ3n) is 4.86. The van der Waals surface area contributed by atoms with Crippen LogP contribution >= 0.6 is 0 Å². The van der Waals surface area contributed by atoms with E-state index in [0.29, 0.717) is 12.1 Å². The Bertz CT molecular complexity index is 679. The van der Waals surface area contributed by atoms with E-state index in [1.165, 1.54) is 17.7 Å². The number of carbonyl (C=O) groups is 1. The van der Waals surface area contributed by atoms with Crippen LogP contribution in [0.5, 0.6) is 0 Å². The van der Waals surface area contributed by atoms with E-state index in [1.807, 2.05) is 12.1 Å². The maximum atomic E-state index is 11.9. The molecule has 2 aromatic carbocycles. The Morgan fingerprint density at radius 1 is 1.12 bits per heavy atom. The molecule has 1 fully saturated rings. The van der Waals surface area contributed by atoms with Gasteiger partial charge in [0.05, 0.1) is 0 Å². The zero-order valence-corrected chi connectivity index (χ0v) is 14.8. The monoisotopic (exact) mass is 322 g/mol. The van der Waals surface area contributed by atoms with Crippen molar-refractivity contribution in [3.05, 3.63) is 71.3 Å². The first-order chi connectivity index (χ1) is 11.6. The smallest absolute Gasteiger partial charge is 0.253 e. The average molecular weight is 322 g/mol. The van der Waals surface area contributed by atoms with E-state index in [9.17, 15) is 4.79 Å². The summed E-state index contributed by atoms with van der Waals surface area (Å²) in [6.45, 7) is 3.48. The minimum atomic E-state index is 0.0599. The van der Waals surface area contributed by atoms with Crippen LogP contribution in [0.15, 0.2) is 54.6 Å². The molecule has 126 valence electrons. The molecule has 3 atom stereocenters. The number of amides is 1. The van der Waals surface area contributed by atoms with Gasteiger partial charge in [0.2, 0.25) is 0 Å². The zero-order chi connectivity index (χ0) is 17.1. The van der Waals surface area contributed by atoms with Crippen molar-refractivity contribution in [3.63, 3.8) is 0 Å². The van der Waals surface area contributed by atoms with Crippen molar-refractivity contribution in [1.82, 2.24) is 9.80 Å². The molecule has 3 rings (SSSR count). The van der Waals surface area contributed by atoms with Crippen molar-refractivity contribution in [2.24, 2.45) is 0 Å². The number of hydrogen-bond donors (Lipinski definition) is 0. The van der Waals surface area contributed by atoms with E-state index in [1.54, 1.807) is 19.0 Å². The SMILES string of the molecule is C[C@@H](CCc1ccc(C(=O)N(C)C)cc1)N1C[C@@H]1c1ccccc1. The second-order valence-corrected chi connectivity index (χ2v) is 6.91. The minimum absolute atomic E-state index is 0.0599. The normalized spacial score (nSPS) is 20.5. The predicted octanol–water partition coefficient (Wildman–Crippen LogP) is 3.77. The Morgan fingerprint density at radius 2 is 1.79 bits per heavy atom. The number of benzene rings is 2. The van der Waals surface area contributed by atoms with Gasteiger partial charge in [0.15, 0.2) is 0 Å². The van der Waals surface area contributed by atoms with E-state index in [-0.39, 0.29) is 5.91 Å². The summed E-state index contributed by atoms with van der Waals surface area (Å²) in [6, 6.07) is 20.0. The maximum Gasteiger partial charge on any atom is 0.253 e. The molecule has 1 heterocycles. The molecule has 1 amide bonds. The van der Waals surface area contributed by atoms with Crippen LogP contribution in [0.4, 0.5) is 0 Å². The molecule has 1 saturated heterocycles. The van der Waals surface area contributed by atoms with Crippen molar-refractivity contribution in [1.29, 1.82) is 0 Å². The topological polar surface area (TPSA) is 23.3 Å². The quantitative estimate of drug-likeness (QED) is 0.756. The number of nitrogens with zero attached hydrogens (tertiary/aromatic N) is 2. The summed E-state index contributed by atoms with van der Waals surface area (Å²) in [6.07, 6.45) is 2.19. The second-order valence-electron chi connectivity index (χ2n) is 6.91. The zero-order valence-electron chi connectivity index (χ0n) is 14.8.